The molecule has 0 aliphatic rings. The number of phenols is 1. The largest absolute Gasteiger partial charge is 0.506 e. The summed E-state index contributed by atoms with van der Waals surface area (Å²) in [5.74, 6) is -1.27. The third kappa shape index (κ3) is 4.35. The van der Waals surface area contributed by atoms with E-state index >= 15 is 0 Å². The molecule has 0 aliphatic heterocycles. The average Bonchev–Trinajstić information content (AvgIpc) is 2.31. The Balaban J connectivity index is 3.09. The molecule has 0 saturated heterocycles. The van der Waals surface area contributed by atoms with E-state index in [2.05, 4.69) is 4.74 Å². The van der Waals surface area contributed by atoms with Crippen molar-refractivity contribution in [1.29, 1.82) is 5.26 Å². The van der Waals surface area contributed by atoms with Crippen molar-refractivity contribution in [2.45, 2.75) is 23.7 Å². The van der Waals surface area contributed by atoms with Crippen LogP contribution >= 0.6 is 11.8 Å². The second-order valence-corrected chi connectivity index (χ2v) is 4.69. The van der Waals surface area contributed by atoms with Crippen LogP contribution in [0.1, 0.15) is 18.1 Å². The van der Waals surface area contributed by atoms with E-state index < -0.39 is 39.4 Å². The van der Waals surface area contributed by atoms with Gasteiger partial charge in [-0.25, -0.2) is 0 Å². The molecule has 0 amide bonds. The number of rotatable bonds is 4. The van der Waals surface area contributed by atoms with Gasteiger partial charge in [-0.05, 0) is 24.8 Å². The third-order valence-corrected chi connectivity index (χ3v) is 2.99. The molecule has 1 N–H and O–H groups in total. The molecule has 0 saturated carbocycles. The molecule has 8 heteroatoms. The van der Waals surface area contributed by atoms with E-state index in [-0.39, 0.29) is 18.6 Å². The smallest absolute Gasteiger partial charge is 0.446 e. The van der Waals surface area contributed by atoms with E-state index in [0.717, 1.165) is 6.07 Å². The van der Waals surface area contributed by atoms with Crippen LogP contribution in [0.4, 0.5) is 13.2 Å². The SMILES string of the molecule is CCOC(=O)Cc1ccc(SC(F)(F)F)c(C#N)c1O. The number of esters is 1. The Morgan fingerprint density at radius 2 is 2.15 bits per heavy atom. The Kier molecular flexibility index (Phi) is 5.27. The maximum atomic E-state index is 12.3. The van der Waals surface area contributed by atoms with Crippen molar-refractivity contribution >= 4 is 17.7 Å². The van der Waals surface area contributed by atoms with Gasteiger partial charge in [-0.2, -0.15) is 18.4 Å². The fraction of sp³-hybridized carbons (Fsp3) is 0.333. The number of halogens is 3. The first kappa shape index (κ1) is 16.2. The number of ether oxygens (including phenoxy) is 1. The lowest BCUT2D eigenvalue weighted by Gasteiger charge is -2.11. The summed E-state index contributed by atoms with van der Waals surface area (Å²) in [6.45, 7) is 1.74. The van der Waals surface area contributed by atoms with E-state index in [1.807, 2.05) is 0 Å². The Morgan fingerprint density at radius 3 is 2.65 bits per heavy atom. The number of benzene rings is 1. The van der Waals surface area contributed by atoms with Gasteiger partial charge in [0.15, 0.2) is 0 Å². The predicted octanol–water partition coefficient (Wildman–Crippen LogP) is 2.98. The van der Waals surface area contributed by atoms with Crippen LogP contribution in [-0.2, 0) is 16.0 Å². The summed E-state index contributed by atoms with van der Waals surface area (Å²) in [4.78, 5) is 10.9. The van der Waals surface area contributed by atoms with Gasteiger partial charge in [0.1, 0.15) is 17.4 Å². The Bertz CT molecular complexity index is 552. The number of aromatic hydroxyl groups is 1. The van der Waals surface area contributed by atoms with Crippen LogP contribution in [0, 0.1) is 11.3 Å². The number of phenolic OH excluding ortho intramolecular Hbond substituents is 1. The molecule has 0 unspecified atom stereocenters. The van der Waals surface area contributed by atoms with Crippen LogP contribution in [0.25, 0.3) is 0 Å². The number of nitriles is 1. The van der Waals surface area contributed by atoms with Gasteiger partial charge in [-0.3, -0.25) is 4.79 Å². The van der Waals surface area contributed by atoms with Gasteiger partial charge >= 0.3 is 11.5 Å². The number of nitrogens with zero attached hydrogens (tertiary/aromatic N) is 1. The molecule has 0 atom stereocenters. The van der Waals surface area contributed by atoms with Gasteiger partial charge in [-0.1, -0.05) is 6.07 Å². The van der Waals surface area contributed by atoms with Crippen LogP contribution in [-0.4, -0.2) is 23.2 Å². The minimum Gasteiger partial charge on any atom is -0.506 e. The summed E-state index contributed by atoms with van der Waals surface area (Å²) >= 11 is -0.495. The van der Waals surface area contributed by atoms with E-state index in [4.69, 9.17) is 5.26 Å². The van der Waals surface area contributed by atoms with Crippen LogP contribution in [0.3, 0.4) is 0 Å². The average molecular weight is 305 g/mol. The van der Waals surface area contributed by atoms with Crippen LogP contribution in [0.2, 0.25) is 0 Å². The maximum Gasteiger partial charge on any atom is 0.446 e. The Hall–Kier alpha value is -1.88. The molecule has 1 aromatic rings. The first-order valence-electron chi connectivity index (χ1n) is 5.44. The minimum absolute atomic E-state index is 0.0477. The molecule has 0 heterocycles. The van der Waals surface area contributed by atoms with Crippen molar-refractivity contribution in [3.05, 3.63) is 23.3 Å². The molecule has 0 bridgehead atoms. The molecule has 20 heavy (non-hydrogen) atoms. The van der Waals surface area contributed by atoms with E-state index in [0.29, 0.717) is 0 Å². The molecule has 0 fully saturated rings. The highest BCUT2D eigenvalue weighted by Gasteiger charge is 2.31. The molecule has 0 aliphatic carbocycles. The maximum absolute atomic E-state index is 12.3. The normalized spacial score (nSPS) is 10.9. The molecule has 108 valence electrons. The Morgan fingerprint density at radius 1 is 1.50 bits per heavy atom. The lowest BCUT2D eigenvalue weighted by atomic mass is 10.1. The lowest BCUT2D eigenvalue weighted by molar-refractivity contribution is -0.142. The number of carbonyl (C=O) groups is 1. The van der Waals surface area contributed by atoms with Gasteiger partial charge in [0.25, 0.3) is 0 Å². The van der Waals surface area contributed by atoms with E-state index in [1.165, 1.54) is 12.1 Å². The topological polar surface area (TPSA) is 70.3 Å². The van der Waals surface area contributed by atoms with Crippen LogP contribution < -0.4 is 0 Å². The molecule has 0 spiro atoms. The molecule has 1 aromatic carbocycles. The highest BCUT2D eigenvalue weighted by Crippen LogP contribution is 2.41. The number of carbonyl (C=O) groups excluding carboxylic acids is 1. The van der Waals surface area contributed by atoms with Crippen molar-refractivity contribution < 1.29 is 27.8 Å². The van der Waals surface area contributed by atoms with Crippen LogP contribution in [0.15, 0.2) is 17.0 Å². The molecule has 4 nitrogen and oxygen atoms in total. The van der Waals surface area contributed by atoms with Crippen molar-refractivity contribution in [2.75, 3.05) is 6.61 Å². The van der Waals surface area contributed by atoms with E-state index in [1.54, 1.807) is 6.92 Å². The van der Waals surface area contributed by atoms with Gasteiger partial charge in [0.05, 0.1) is 13.0 Å². The quantitative estimate of drug-likeness (QED) is 0.684. The second-order valence-electron chi connectivity index (χ2n) is 3.59. The lowest BCUT2D eigenvalue weighted by Crippen LogP contribution is -2.08. The highest BCUT2D eigenvalue weighted by molar-refractivity contribution is 8.00. The Labute approximate surface area is 117 Å². The van der Waals surface area contributed by atoms with Crippen molar-refractivity contribution in [2.24, 2.45) is 0 Å². The minimum atomic E-state index is -4.57. The fourth-order valence-electron chi connectivity index (χ4n) is 1.44. The van der Waals surface area contributed by atoms with Gasteiger partial charge in [0, 0.05) is 10.5 Å². The van der Waals surface area contributed by atoms with Gasteiger partial charge in [-0.15, -0.1) is 0 Å². The van der Waals surface area contributed by atoms with E-state index in [9.17, 15) is 23.1 Å². The number of alkyl halides is 3. The number of thioether (sulfide) groups is 1. The monoisotopic (exact) mass is 305 g/mol. The van der Waals surface area contributed by atoms with Crippen molar-refractivity contribution in [3.63, 3.8) is 0 Å². The predicted molar refractivity (Wildman–Crippen MR) is 65.1 cm³/mol. The standard InChI is InChI=1S/C12H10F3NO3S/c1-2-19-10(17)5-7-3-4-9(20-12(13,14)15)8(6-16)11(7)18/h3-4,18H,2,5H2,1H3. The number of hydrogen-bond acceptors (Lipinski definition) is 5. The molecule has 0 aromatic heterocycles. The zero-order valence-corrected chi connectivity index (χ0v) is 11.1. The highest BCUT2D eigenvalue weighted by atomic mass is 32.2. The summed E-state index contributed by atoms with van der Waals surface area (Å²) in [5, 5.41) is 18.6. The summed E-state index contributed by atoms with van der Waals surface area (Å²) in [5.41, 5.74) is -5.03. The molecule has 0 radical (unpaired) electrons. The van der Waals surface area contributed by atoms with Gasteiger partial charge in [0.2, 0.25) is 0 Å². The zero-order valence-electron chi connectivity index (χ0n) is 10.3. The fourth-order valence-corrected chi connectivity index (χ4v) is 2.07. The van der Waals surface area contributed by atoms with Crippen LogP contribution in [0.5, 0.6) is 5.75 Å². The summed E-state index contributed by atoms with van der Waals surface area (Å²) in [6, 6.07) is 3.72. The van der Waals surface area contributed by atoms with Gasteiger partial charge < -0.3 is 9.84 Å². The second kappa shape index (κ2) is 6.52. The zero-order chi connectivity index (χ0) is 15.3. The molecule has 1 rings (SSSR count). The van der Waals surface area contributed by atoms with Crippen molar-refractivity contribution in [1.82, 2.24) is 0 Å². The summed E-state index contributed by atoms with van der Waals surface area (Å²) in [7, 11) is 0. The number of hydrogen-bond donors (Lipinski definition) is 1. The summed E-state index contributed by atoms with van der Waals surface area (Å²) < 4.78 is 41.6. The van der Waals surface area contributed by atoms with Crippen molar-refractivity contribution in [3.8, 4) is 11.8 Å². The molecular formula is C12H10F3NO3S. The molecular weight excluding hydrogens is 295 g/mol. The first-order chi connectivity index (χ1) is 9.28. The first-order valence-corrected chi connectivity index (χ1v) is 6.26. The summed E-state index contributed by atoms with van der Waals surface area (Å²) in [6.07, 6.45) is -0.314. The third-order valence-electron chi connectivity index (χ3n) is 2.20.